The number of hydrogen-bond donors (Lipinski definition) is 2. The fourth-order valence-corrected chi connectivity index (χ4v) is 2.86. The molecular weight excluding hydrogens is 254 g/mol. The maximum Gasteiger partial charge on any atom is 0.0897 e. The summed E-state index contributed by atoms with van der Waals surface area (Å²) in [4.78, 5) is 4.50. The van der Waals surface area contributed by atoms with E-state index in [2.05, 4.69) is 47.8 Å². The normalized spacial score (nSPS) is 12.6. The maximum atomic E-state index is 5.69. The summed E-state index contributed by atoms with van der Waals surface area (Å²) in [7, 11) is 0. The fourth-order valence-electron chi connectivity index (χ4n) is 2.23. The first kappa shape index (κ1) is 14.2. The molecule has 0 bridgehead atoms. The highest BCUT2D eigenvalue weighted by Gasteiger charge is 2.12. The van der Waals surface area contributed by atoms with Crippen LogP contribution in [0.2, 0.25) is 0 Å². The summed E-state index contributed by atoms with van der Waals surface area (Å²) in [5.41, 5.74) is 8.01. The van der Waals surface area contributed by atoms with Crippen molar-refractivity contribution in [1.29, 1.82) is 0 Å². The lowest BCUT2D eigenvalue weighted by Crippen LogP contribution is -2.38. The van der Waals surface area contributed by atoms with Crippen LogP contribution in [0.1, 0.15) is 27.4 Å². The first-order valence-electron chi connectivity index (χ1n) is 6.51. The van der Waals surface area contributed by atoms with Crippen molar-refractivity contribution in [2.45, 2.75) is 39.7 Å². The smallest absolute Gasteiger partial charge is 0.0897 e. The quantitative estimate of drug-likeness (QED) is 0.651. The number of aromatic nitrogens is 1. The average molecular weight is 275 g/mol. The summed E-state index contributed by atoms with van der Waals surface area (Å²) in [6.07, 6.45) is 1.80. The Morgan fingerprint density at radius 1 is 1.26 bits per heavy atom. The predicted molar refractivity (Wildman–Crippen MR) is 81.3 cm³/mol. The molecule has 1 atom stereocenters. The van der Waals surface area contributed by atoms with Crippen LogP contribution in [0.5, 0.6) is 0 Å². The monoisotopic (exact) mass is 275 g/mol. The second-order valence-corrected chi connectivity index (χ2v) is 6.12. The van der Waals surface area contributed by atoms with Gasteiger partial charge in [-0.15, -0.1) is 11.3 Å². The molecule has 1 unspecified atom stereocenters. The van der Waals surface area contributed by atoms with Crippen LogP contribution in [0.15, 0.2) is 23.6 Å². The number of nitrogens with one attached hydrogen (secondary N) is 1. The van der Waals surface area contributed by atoms with Gasteiger partial charge in [0.15, 0.2) is 0 Å². The molecule has 0 saturated heterocycles. The van der Waals surface area contributed by atoms with E-state index in [1.807, 2.05) is 6.92 Å². The van der Waals surface area contributed by atoms with Crippen molar-refractivity contribution in [2.75, 3.05) is 0 Å². The van der Waals surface area contributed by atoms with Gasteiger partial charge in [-0.2, -0.15) is 0 Å². The average Bonchev–Trinajstić information content (AvgIpc) is 2.78. The molecule has 19 heavy (non-hydrogen) atoms. The molecule has 0 spiro atoms. The first-order chi connectivity index (χ1) is 9.08. The molecule has 0 saturated carbocycles. The van der Waals surface area contributed by atoms with Gasteiger partial charge >= 0.3 is 0 Å². The number of hydrazine groups is 1. The molecule has 0 amide bonds. The SMILES string of the molecule is Cc1ccc(C)c(CC(Cc2csc(C)n2)NN)c1. The summed E-state index contributed by atoms with van der Waals surface area (Å²) in [6, 6.07) is 6.78. The molecule has 2 aromatic rings. The van der Waals surface area contributed by atoms with Crippen molar-refractivity contribution in [1.82, 2.24) is 10.4 Å². The zero-order chi connectivity index (χ0) is 13.8. The van der Waals surface area contributed by atoms with Crippen LogP contribution < -0.4 is 11.3 Å². The molecule has 1 aromatic heterocycles. The third-order valence-electron chi connectivity index (χ3n) is 3.33. The number of hydrogen-bond acceptors (Lipinski definition) is 4. The van der Waals surface area contributed by atoms with Crippen LogP contribution >= 0.6 is 11.3 Å². The van der Waals surface area contributed by atoms with E-state index < -0.39 is 0 Å². The van der Waals surface area contributed by atoms with Gasteiger partial charge < -0.3 is 0 Å². The Balaban J connectivity index is 2.08. The van der Waals surface area contributed by atoms with Crippen LogP contribution in [-0.4, -0.2) is 11.0 Å². The molecule has 0 radical (unpaired) electrons. The Morgan fingerprint density at radius 2 is 2.05 bits per heavy atom. The van der Waals surface area contributed by atoms with Gasteiger partial charge in [-0.1, -0.05) is 23.8 Å². The van der Waals surface area contributed by atoms with Crippen molar-refractivity contribution in [3.05, 3.63) is 51.0 Å². The molecule has 0 aliphatic carbocycles. The van der Waals surface area contributed by atoms with Gasteiger partial charge in [0.1, 0.15) is 0 Å². The zero-order valence-corrected chi connectivity index (χ0v) is 12.6. The summed E-state index contributed by atoms with van der Waals surface area (Å²) in [5, 5.41) is 3.22. The minimum Gasteiger partial charge on any atom is -0.271 e. The van der Waals surface area contributed by atoms with Gasteiger partial charge in [-0.3, -0.25) is 11.3 Å². The highest BCUT2D eigenvalue weighted by molar-refractivity contribution is 7.09. The Labute approximate surface area is 118 Å². The molecule has 3 nitrogen and oxygen atoms in total. The van der Waals surface area contributed by atoms with Crippen molar-refractivity contribution in [3.63, 3.8) is 0 Å². The van der Waals surface area contributed by atoms with E-state index >= 15 is 0 Å². The number of nitrogens with zero attached hydrogens (tertiary/aromatic N) is 1. The molecule has 0 aliphatic rings. The number of rotatable bonds is 5. The van der Waals surface area contributed by atoms with Crippen molar-refractivity contribution in [2.24, 2.45) is 5.84 Å². The topological polar surface area (TPSA) is 50.9 Å². The predicted octanol–water partition coefficient (Wildman–Crippen LogP) is 2.69. The van der Waals surface area contributed by atoms with E-state index in [9.17, 15) is 0 Å². The number of nitrogens with two attached hydrogens (primary N) is 1. The molecule has 102 valence electrons. The van der Waals surface area contributed by atoms with Gasteiger partial charge in [0.2, 0.25) is 0 Å². The molecule has 2 rings (SSSR count). The lowest BCUT2D eigenvalue weighted by atomic mass is 9.97. The summed E-state index contributed by atoms with van der Waals surface area (Å²) in [5.74, 6) is 5.69. The van der Waals surface area contributed by atoms with Gasteiger partial charge in [0.25, 0.3) is 0 Å². The molecule has 3 N–H and O–H groups in total. The minimum absolute atomic E-state index is 0.224. The third-order valence-corrected chi connectivity index (χ3v) is 4.15. The Kier molecular flexibility index (Phi) is 4.69. The molecule has 1 heterocycles. The van der Waals surface area contributed by atoms with Crippen LogP contribution in [0.3, 0.4) is 0 Å². The zero-order valence-electron chi connectivity index (χ0n) is 11.7. The first-order valence-corrected chi connectivity index (χ1v) is 7.39. The number of aryl methyl sites for hydroxylation is 3. The molecular formula is C15H21N3S. The van der Waals surface area contributed by atoms with Crippen LogP contribution in [-0.2, 0) is 12.8 Å². The second-order valence-electron chi connectivity index (χ2n) is 5.06. The third kappa shape index (κ3) is 3.86. The highest BCUT2D eigenvalue weighted by atomic mass is 32.1. The Morgan fingerprint density at radius 3 is 2.68 bits per heavy atom. The lowest BCUT2D eigenvalue weighted by molar-refractivity contribution is 0.517. The van der Waals surface area contributed by atoms with E-state index in [0.717, 1.165) is 23.5 Å². The molecule has 0 fully saturated rings. The summed E-state index contributed by atoms with van der Waals surface area (Å²) >= 11 is 1.69. The maximum absolute atomic E-state index is 5.69. The van der Waals surface area contributed by atoms with E-state index in [1.165, 1.54) is 16.7 Å². The standard InChI is InChI=1S/C15H21N3S/c1-10-4-5-11(2)13(6-10)7-14(18-16)8-15-9-19-12(3)17-15/h4-6,9,14,18H,7-8,16H2,1-3H3. The Hall–Kier alpha value is -1.23. The number of thiazole rings is 1. The summed E-state index contributed by atoms with van der Waals surface area (Å²) in [6.45, 7) is 6.30. The van der Waals surface area contributed by atoms with E-state index in [4.69, 9.17) is 5.84 Å². The molecule has 0 aliphatic heterocycles. The molecule has 1 aromatic carbocycles. The van der Waals surface area contributed by atoms with Gasteiger partial charge in [-0.25, -0.2) is 4.98 Å². The summed E-state index contributed by atoms with van der Waals surface area (Å²) < 4.78 is 0. The Bertz CT molecular complexity index is 548. The largest absolute Gasteiger partial charge is 0.271 e. The van der Waals surface area contributed by atoms with Crippen LogP contribution in [0.4, 0.5) is 0 Å². The minimum atomic E-state index is 0.224. The van der Waals surface area contributed by atoms with Crippen molar-refractivity contribution < 1.29 is 0 Å². The second kappa shape index (κ2) is 6.28. The molecule has 4 heteroatoms. The van der Waals surface area contributed by atoms with Gasteiger partial charge in [-0.05, 0) is 38.3 Å². The van der Waals surface area contributed by atoms with E-state index in [-0.39, 0.29) is 6.04 Å². The fraction of sp³-hybridized carbons (Fsp3) is 0.400. The van der Waals surface area contributed by atoms with Crippen LogP contribution in [0, 0.1) is 20.8 Å². The van der Waals surface area contributed by atoms with Crippen molar-refractivity contribution >= 4 is 11.3 Å². The van der Waals surface area contributed by atoms with Crippen LogP contribution in [0.25, 0.3) is 0 Å². The van der Waals surface area contributed by atoms with E-state index in [1.54, 1.807) is 11.3 Å². The highest BCUT2D eigenvalue weighted by Crippen LogP contribution is 2.16. The van der Waals surface area contributed by atoms with Crippen molar-refractivity contribution in [3.8, 4) is 0 Å². The van der Waals surface area contributed by atoms with Gasteiger partial charge in [0.05, 0.1) is 10.7 Å². The lowest BCUT2D eigenvalue weighted by Gasteiger charge is -2.16. The van der Waals surface area contributed by atoms with E-state index in [0.29, 0.717) is 0 Å². The number of benzene rings is 1. The van der Waals surface area contributed by atoms with Gasteiger partial charge in [0, 0.05) is 17.8 Å².